The molecule has 0 aliphatic carbocycles. The third kappa shape index (κ3) is 3.94. The number of benzene rings is 2. The molecule has 0 saturated carbocycles. The van der Waals surface area contributed by atoms with Gasteiger partial charge in [0, 0.05) is 13.1 Å². The van der Waals surface area contributed by atoms with E-state index >= 15 is 0 Å². The Morgan fingerprint density at radius 2 is 1.80 bits per heavy atom. The lowest BCUT2D eigenvalue weighted by atomic mass is 9.99. The van der Waals surface area contributed by atoms with E-state index in [1.54, 1.807) is 13.0 Å². The second-order valence-corrected chi connectivity index (χ2v) is 6.18. The summed E-state index contributed by atoms with van der Waals surface area (Å²) in [7, 11) is 0. The molecule has 0 aromatic heterocycles. The van der Waals surface area contributed by atoms with Gasteiger partial charge in [-0.15, -0.1) is 0 Å². The average Bonchev–Trinajstić information content (AvgIpc) is 2.65. The smallest absolute Gasteiger partial charge is 0.323 e. The van der Waals surface area contributed by atoms with Gasteiger partial charge in [0.1, 0.15) is 11.9 Å². The van der Waals surface area contributed by atoms with Crippen molar-refractivity contribution in [3.8, 4) is 0 Å². The molecule has 0 spiro atoms. The van der Waals surface area contributed by atoms with Crippen LogP contribution in [-0.2, 0) is 22.5 Å². The van der Waals surface area contributed by atoms with Gasteiger partial charge in [0.2, 0.25) is 5.78 Å². The van der Waals surface area contributed by atoms with Crippen LogP contribution in [0.15, 0.2) is 48.5 Å². The molecule has 1 aliphatic rings. The summed E-state index contributed by atoms with van der Waals surface area (Å²) in [4.78, 5) is 26.3. The van der Waals surface area contributed by atoms with Gasteiger partial charge in [-0.25, -0.2) is 4.39 Å². The number of rotatable bonds is 5. The van der Waals surface area contributed by atoms with Crippen LogP contribution in [0.5, 0.6) is 0 Å². The molecule has 3 rings (SSSR count). The van der Waals surface area contributed by atoms with Gasteiger partial charge < -0.3 is 4.74 Å². The maximum Gasteiger partial charge on any atom is 0.323 e. The lowest BCUT2D eigenvalue weighted by molar-refractivity contribution is -0.148. The monoisotopic (exact) mass is 341 g/mol. The molecule has 5 heteroatoms. The number of carbonyl (C=O) groups is 2. The number of nitrogens with zero attached hydrogens (tertiary/aromatic N) is 1. The molecule has 0 bridgehead atoms. The molecule has 4 nitrogen and oxygen atoms in total. The average molecular weight is 341 g/mol. The molecule has 0 radical (unpaired) electrons. The zero-order chi connectivity index (χ0) is 17.8. The summed E-state index contributed by atoms with van der Waals surface area (Å²) in [5.74, 6) is -1.61. The van der Waals surface area contributed by atoms with Gasteiger partial charge in [0.15, 0.2) is 6.61 Å². The highest BCUT2D eigenvalue weighted by atomic mass is 19.1. The Morgan fingerprint density at radius 3 is 2.56 bits per heavy atom. The molecule has 0 amide bonds. The minimum absolute atomic E-state index is 0.0603. The van der Waals surface area contributed by atoms with Crippen LogP contribution in [0.1, 0.15) is 28.4 Å². The molecule has 0 N–H and O–H groups in total. The van der Waals surface area contributed by atoms with Crippen LogP contribution in [0.3, 0.4) is 0 Å². The summed E-state index contributed by atoms with van der Waals surface area (Å²) in [5.41, 5.74) is 2.44. The van der Waals surface area contributed by atoms with Gasteiger partial charge in [-0.1, -0.05) is 36.4 Å². The molecule has 1 unspecified atom stereocenters. The van der Waals surface area contributed by atoms with Gasteiger partial charge in [-0.3, -0.25) is 14.5 Å². The maximum atomic E-state index is 13.6. The Labute approximate surface area is 146 Å². The topological polar surface area (TPSA) is 46.6 Å². The molecular formula is C20H20FNO3. The van der Waals surface area contributed by atoms with E-state index in [9.17, 15) is 14.0 Å². The van der Waals surface area contributed by atoms with Crippen molar-refractivity contribution in [3.05, 3.63) is 71.0 Å². The summed E-state index contributed by atoms with van der Waals surface area (Å²) in [6.07, 6.45) is 0.877. The van der Waals surface area contributed by atoms with Crippen LogP contribution >= 0.6 is 0 Å². The quantitative estimate of drug-likeness (QED) is 0.620. The number of fused-ring (bicyclic) bond motifs is 1. The van der Waals surface area contributed by atoms with Crippen molar-refractivity contribution in [2.75, 3.05) is 13.2 Å². The molecule has 1 aliphatic heterocycles. The molecule has 2 aromatic rings. The van der Waals surface area contributed by atoms with Crippen LogP contribution in [-0.4, -0.2) is 35.8 Å². The van der Waals surface area contributed by atoms with Crippen molar-refractivity contribution in [1.29, 1.82) is 0 Å². The minimum atomic E-state index is -0.607. The Kier molecular flexibility index (Phi) is 5.24. The fourth-order valence-corrected chi connectivity index (χ4v) is 3.02. The van der Waals surface area contributed by atoms with Crippen molar-refractivity contribution in [1.82, 2.24) is 4.90 Å². The Hall–Kier alpha value is -2.53. The van der Waals surface area contributed by atoms with Crippen molar-refractivity contribution in [3.63, 3.8) is 0 Å². The first-order chi connectivity index (χ1) is 12.1. The molecule has 25 heavy (non-hydrogen) atoms. The molecule has 1 heterocycles. The minimum Gasteiger partial charge on any atom is -0.456 e. The Morgan fingerprint density at radius 1 is 1.12 bits per heavy atom. The van der Waals surface area contributed by atoms with Crippen molar-refractivity contribution < 1.29 is 18.7 Å². The normalized spacial score (nSPS) is 15.3. The van der Waals surface area contributed by atoms with Crippen LogP contribution in [0.4, 0.5) is 4.39 Å². The summed E-state index contributed by atoms with van der Waals surface area (Å²) in [6.45, 7) is 2.75. The van der Waals surface area contributed by atoms with E-state index in [4.69, 9.17) is 4.74 Å². The van der Waals surface area contributed by atoms with Crippen molar-refractivity contribution in [2.24, 2.45) is 0 Å². The first-order valence-electron chi connectivity index (χ1n) is 8.31. The molecule has 2 aromatic carbocycles. The Balaban J connectivity index is 1.57. The lowest BCUT2D eigenvalue weighted by Gasteiger charge is -2.32. The fourth-order valence-electron chi connectivity index (χ4n) is 3.02. The van der Waals surface area contributed by atoms with Crippen LogP contribution in [0.25, 0.3) is 0 Å². The number of carbonyl (C=O) groups excluding carboxylic acids is 2. The van der Waals surface area contributed by atoms with E-state index in [2.05, 4.69) is 12.1 Å². The third-order valence-corrected chi connectivity index (χ3v) is 4.57. The number of halogens is 1. The van der Waals surface area contributed by atoms with Gasteiger partial charge in [-0.2, -0.15) is 0 Å². The summed E-state index contributed by atoms with van der Waals surface area (Å²) in [6, 6.07) is 13.4. The second-order valence-electron chi connectivity index (χ2n) is 6.18. The highest BCUT2D eigenvalue weighted by molar-refractivity contribution is 5.98. The molecule has 130 valence electrons. The van der Waals surface area contributed by atoms with Crippen LogP contribution in [0.2, 0.25) is 0 Å². The van der Waals surface area contributed by atoms with E-state index in [-0.39, 0.29) is 5.56 Å². The number of ketones is 1. The third-order valence-electron chi connectivity index (χ3n) is 4.57. The van der Waals surface area contributed by atoms with E-state index < -0.39 is 30.2 Å². The van der Waals surface area contributed by atoms with E-state index in [1.807, 2.05) is 17.0 Å². The maximum absolute atomic E-state index is 13.6. The second kappa shape index (κ2) is 7.57. The first-order valence-corrected chi connectivity index (χ1v) is 8.31. The van der Waals surface area contributed by atoms with Crippen molar-refractivity contribution >= 4 is 11.8 Å². The molecule has 0 saturated heterocycles. The Bertz CT molecular complexity index is 790. The number of hydrogen-bond acceptors (Lipinski definition) is 4. The van der Waals surface area contributed by atoms with E-state index in [0.717, 1.165) is 13.0 Å². The van der Waals surface area contributed by atoms with Crippen LogP contribution in [0, 0.1) is 5.82 Å². The van der Waals surface area contributed by atoms with Gasteiger partial charge >= 0.3 is 5.97 Å². The summed E-state index contributed by atoms with van der Waals surface area (Å²) >= 11 is 0. The number of hydrogen-bond donors (Lipinski definition) is 0. The standard InChI is InChI=1S/C20H20FNO3/c1-14(22-11-10-15-6-2-3-7-16(15)12-22)20(24)25-13-19(23)17-8-4-5-9-18(17)21/h2-9,14H,10-13H2,1H3. The lowest BCUT2D eigenvalue weighted by Crippen LogP contribution is -2.43. The summed E-state index contributed by atoms with van der Waals surface area (Å²) < 4.78 is 18.7. The highest BCUT2D eigenvalue weighted by Crippen LogP contribution is 2.20. The predicted molar refractivity (Wildman–Crippen MR) is 91.7 cm³/mol. The zero-order valence-electron chi connectivity index (χ0n) is 14.1. The van der Waals surface area contributed by atoms with E-state index in [1.165, 1.54) is 29.3 Å². The first kappa shape index (κ1) is 17.3. The summed E-state index contributed by atoms with van der Waals surface area (Å²) in [5, 5.41) is 0. The number of Topliss-reactive ketones (excluding diaryl/α,β-unsaturated/α-hetero) is 1. The van der Waals surface area contributed by atoms with Gasteiger partial charge in [0.25, 0.3) is 0 Å². The van der Waals surface area contributed by atoms with Crippen molar-refractivity contribution in [2.45, 2.75) is 25.9 Å². The SMILES string of the molecule is CC(C(=O)OCC(=O)c1ccccc1F)N1CCc2ccccc2C1. The van der Waals surface area contributed by atoms with Gasteiger partial charge in [-0.05, 0) is 36.6 Å². The fraction of sp³-hybridized carbons (Fsp3) is 0.300. The molecular weight excluding hydrogens is 321 g/mol. The molecule has 1 atom stereocenters. The largest absolute Gasteiger partial charge is 0.456 e. The highest BCUT2D eigenvalue weighted by Gasteiger charge is 2.27. The number of ether oxygens (including phenoxy) is 1. The molecule has 0 fully saturated rings. The number of esters is 1. The van der Waals surface area contributed by atoms with Gasteiger partial charge in [0.05, 0.1) is 5.56 Å². The predicted octanol–water partition coefficient (Wildman–Crippen LogP) is 3.00. The van der Waals surface area contributed by atoms with E-state index in [0.29, 0.717) is 6.54 Å². The van der Waals surface area contributed by atoms with Crippen LogP contribution < -0.4 is 0 Å². The zero-order valence-corrected chi connectivity index (χ0v) is 14.1.